The minimum absolute atomic E-state index is 0.0536. The van der Waals surface area contributed by atoms with E-state index in [1.807, 2.05) is 61.6 Å². The quantitative estimate of drug-likeness (QED) is 0.0809. The molecule has 0 amide bonds. The number of allylic oxidation sites excluding steroid dienone is 14. The van der Waals surface area contributed by atoms with Crippen LogP contribution in [0, 0.1) is 10.8 Å². The molecule has 0 saturated carbocycles. The molecule has 0 radical (unpaired) electrons. The molecule has 0 saturated heterocycles. The molecule has 3 aromatic rings. The zero-order valence-electron chi connectivity index (χ0n) is 30.6. The van der Waals surface area contributed by atoms with Gasteiger partial charge in [-0.2, -0.15) is 0 Å². The van der Waals surface area contributed by atoms with Crippen LogP contribution in [-0.4, -0.2) is 24.0 Å². The average Bonchev–Trinajstić information content (AvgIpc) is 3.16. The highest BCUT2D eigenvalue weighted by Crippen LogP contribution is 2.23. The average molecular weight is 681 g/mol. The Morgan fingerprint density at radius 2 is 1.27 bits per heavy atom. The molecule has 0 fully saturated rings. The summed E-state index contributed by atoms with van der Waals surface area (Å²) in [5.41, 5.74) is 9.13. The Bertz CT molecular complexity index is 2170. The van der Waals surface area contributed by atoms with Crippen LogP contribution in [-0.2, 0) is 0 Å². The fourth-order valence-corrected chi connectivity index (χ4v) is 4.79. The van der Waals surface area contributed by atoms with Crippen LogP contribution in [0.5, 0.6) is 0 Å². The molecule has 52 heavy (non-hydrogen) atoms. The largest absolute Gasteiger partial charge is 0.300 e. The smallest absolute Gasteiger partial charge is 0.151 e. The number of amidine groups is 1. The molecule has 0 aliphatic heterocycles. The van der Waals surface area contributed by atoms with Gasteiger partial charge in [0.1, 0.15) is 0 Å². The predicted octanol–water partition coefficient (Wildman–Crippen LogP) is 13.2. The third kappa shape index (κ3) is 12.4. The van der Waals surface area contributed by atoms with E-state index in [1.165, 1.54) is 11.0 Å². The van der Waals surface area contributed by atoms with Crippen molar-refractivity contribution in [3.63, 3.8) is 0 Å². The number of benzene rings is 3. The predicted molar refractivity (Wildman–Crippen MR) is 232 cm³/mol. The lowest BCUT2D eigenvalue weighted by molar-refractivity contribution is 1.34. The maximum absolute atomic E-state index is 8.70. The Labute approximate surface area is 310 Å². The Kier molecular flexibility index (Phi) is 15.5. The highest BCUT2D eigenvalue weighted by Gasteiger charge is 2.03. The van der Waals surface area contributed by atoms with E-state index in [1.54, 1.807) is 36.5 Å². The second-order valence-electron chi connectivity index (χ2n) is 12.1. The summed E-state index contributed by atoms with van der Waals surface area (Å²) in [6.07, 6.45) is 25.0. The number of fused-ring (bicyclic) bond motifs is 1. The second-order valence-corrected chi connectivity index (χ2v) is 12.1. The van der Waals surface area contributed by atoms with Crippen molar-refractivity contribution >= 4 is 58.7 Å². The van der Waals surface area contributed by atoms with Gasteiger partial charge in [-0.05, 0) is 107 Å². The van der Waals surface area contributed by atoms with Crippen molar-refractivity contribution in [3.05, 3.63) is 204 Å². The topological polar surface area (TPSA) is 72.4 Å². The summed E-state index contributed by atoms with van der Waals surface area (Å²) in [6, 6.07) is 20.3. The fraction of sp³-hybridized carbons (Fsp3) is 0.0833. The van der Waals surface area contributed by atoms with Crippen LogP contribution in [0.15, 0.2) is 198 Å². The highest BCUT2D eigenvalue weighted by molar-refractivity contribution is 6.11. The number of hydrogen-bond donors (Lipinski definition) is 2. The molecule has 3 aromatic carbocycles. The maximum atomic E-state index is 8.70. The van der Waals surface area contributed by atoms with Crippen LogP contribution in [0.1, 0.15) is 43.9 Å². The molecule has 3 rings (SSSR count). The first-order valence-corrected chi connectivity index (χ1v) is 16.9. The zero-order chi connectivity index (χ0) is 38.0. The first-order chi connectivity index (χ1) is 24.9. The summed E-state index contributed by atoms with van der Waals surface area (Å²) in [5.74, 6) is 0.0536. The van der Waals surface area contributed by atoms with E-state index in [9.17, 15) is 0 Å². The zero-order valence-corrected chi connectivity index (χ0v) is 30.6. The fourth-order valence-electron chi connectivity index (χ4n) is 4.79. The summed E-state index contributed by atoms with van der Waals surface area (Å²) in [4.78, 5) is 8.69. The number of nitrogens with one attached hydrogen (secondary N) is 2. The van der Waals surface area contributed by atoms with Gasteiger partial charge in [-0.25, -0.2) is 4.99 Å². The van der Waals surface area contributed by atoms with Gasteiger partial charge in [0.25, 0.3) is 0 Å². The molecule has 0 aliphatic rings. The monoisotopic (exact) mass is 680 g/mol. The molecule has 260 valence electrons. The molecule has 0 bridgehead atoms. The molecular weight excluding hydrogens is 633 g/mol. The van der Waals surface area contributed by atoms with Crippen LogP contribution in [0.3, 0.4) is 0 Å². The SMILES string of the molecule is C=Cc1ccc(/C=C\C(=N)C(=C)/C=C\C(=C)C(=C)/C=C\C(=C)C(=N)/N=C(\C=C\c2ccc3ccccc3c2)C\C=C/C(C)=C(C)/C=C\C)cc1N=C. The summed E-state index contributed by atoms with van der Waals surface area (Å²) in [6.45, 7) is 29.9. The Morgan fingerprint density at radius 3 is 1.94 bits per heavy atom. The molecule has 0 aliphatic carbocycles. The van der Waals surface area contributed by atoms with Gasteiger partial charge >= 0.3 is 0 Å². The molecule has 2 N–H and O–H groups in total. The molecule has 0 atom stereocenters. The molecule has 4 nitrogen and oxygen atoms in total. The minimum atomic E-state index is 0.0536. The van der Waals surface area contributed by atoms with Crippen LogP contribution < -0.4 is 0 Å². The van der Waals surface area contributed by atoms with Gasteiger partial charge in [0.05, 0.1) is 11.4 Å². The molecule has 4 heteroatoms. The molecule has 0 heterocycles. The first-order valence-electron chi connectivity index (χ1n) is 16.9. The molecule has 0 unspecified atom stereocenters. The van der Waals surface area contributed by atoms with Gasteiger partial charge in [-0.3, -0.25) is 10.4 Å². The summed E-state index contributed by atoms with van der Waals surface area (Å²) >= 11 is 0. The molecular formula is C48H48N4. The molecule has 0 spiro atoms. The van der Waals surface area contributed by atoms with Crippen molar-refractivity contribution in [2.24, 2.45) is 9.98 Å². The first kappa shape index (κ1) is 39.9. The van der Waals surface area contributed by atoms with Gasteiger partial charge < -0.3 is 5.41 Å². The van der Waals surface area contributed by atoms with E-state index in [0.29, 0.717) is 28.7 Å². The normalized spacial score (nSPS) is 12.8. The standard InChI is InChI=1S/C48H48N4/c1-10-15-34(3)35(4)16-14-19-45(30-26-40-25-29-43-17-12-13-18-44(43)32-40)52-48(50)39(8)23-21-37(6)36(5)20-22-38(7)46(49)31-27-41-24-28-42(11-2)47(33-41)51-9/h10-18,20-33,49-50H,2,5-9,19H2,1,3-4H3/b15-10-,16-14-,22-20-,23-21-,30-26+,31-27-,35-34+,49-46?,50-48?,52-45-. The Balaban J connectivity index is 1.69. The van der Waals surface area contributed by atoms with Crippen molar-refractivity contribution in [2.75, 3.05) is 0 Å². The van der Waals surface area contributed by atoms with Crippen LogP contribution >= 0.6 is 0 Å². The van der Waals surface area contributed by atoms with Gasteiger partial charge in [-0.15, -0.1) is 0 Å². The third-order valence-corrected chi connectivity index (χ3v) is 8.15. The number of hydrogen-bond acceptors (Lipinski definition) is 3. The lowest BCUT2D eigenvalue weighted by Crippen LogP contribution is -2.01. The third-order valence-electron chi connectivity index (χ3n) is 8.15. The Morgan fingerprint density at radius 1 is 0.673 bits per heavy atom. The van der Waals surface area contributed by atoms with E-state index in [0.717, 1.165) is 39.0 Å². The van der Waals surface area contributed by atoms with Crippen molar-refractivity contribution in [2.45, 2.75) is 27.2 Å². The number of rotatable bonds is 17. The van der Waals surface area contributed by atoms with E-state index in [4.69, 9.17) is 10.8 Å². The van der Waals surface area contributed by atoms with E-state index in [-0.39, 0.29) is 11.5 Å². The van der Waals surface area contributed by atoms with Gasteiger partial charge in [-0.1, -0.05) is 148 Å². The van der Waals surface area contributed by atoms with Crippen LogP contribution in [0.2, 0.25) is 0 Å². The summed E-state index contributed by atoms with van der Waals surface area (Å²) in [5, 5.41) is 19.5. The van der Waals surface area contributed by atoms with Crippen LogP contribution in [0.4, 0.5) is 5.69 Å². The summed E-state index contributed by atoms with van der Waals surface area (Å²) in [7, 11) is 0. The van der Waals surface area contributed by atoms with E-state index in [2.05, 4.69) is 112 Å². The minimum Gasteiger partial charge on any atom is -0.300 e. The summed E-state index contributed by atoms with van der Waals surface area (Å²) < 4.78 is 0. The second kappa shape index (κ2) is 20.2. The maximum Gasteiger partial charge on any atom is 0.151 e. The Hall–Kier alpha value is -6.52. The highest BCUT2D eigenvalue weighted by atomic mass is 14.8. The van der Waals surface area contributed by atoms with Crippen molar-refractivity contribution in [1.82, 2.24) is 0 Å². The lowest BCUT2D eigenvalue weighted by atomic mass is 10.0. The van der Waals surface area contributed by atoms with Gasteiger partial charge in [0, 0.05) is 17.7 Å². The number of nitrogens with zero attached hydrogens (tertiary/aromatic N) is 2. The number of aliphatic imine (C=N–C) groups is 2. The van der Waals surface area contributed by atoms with E-state index < -0.39 is 0 Å². The van der Waals surface area contributed by atoms with Crippen LogP contribution in [0.25, 0.3) is 29.0 Å². The van der Waals surface area contributed by atoms with Crippen molar-refractivity contribution in [1.29, 1.82) is 10.8 Å². The van der Waals surface area contributed by atoms with E-state index >= 15 is 0 Å². The van der Waals surface area contributed by atoms with Crippen molar-refractivity contribution in [3.8, 4) is 0 Å². The van der Waals surface area contributed by atoms with Gasteiger partial charge in [0.15, 0.2) is 5.84 Å². The van der Waals surface area contributed by atoms with Gasteiger partial charge in [0.2, 0.25) is 0 Å². The molecule has 0 aromatic heterocycles. The lowest BCUT2D eigenvalue weighted by Gasteiger charge is -2.04. The van der Waals surface area contributed by atoms with Crippen molar-refractivity contribution < 1.29 is 0 Å².